The highest BCUT2D eigenvalue weighted by Gasteiger charge is 2.37. The minimum atomic E-state index is -1.24. The third-order valence-corrected chi connectivity index (χ3v) is 4.65. The maximum atomic E-state index is 11.8. The van der Waals surface area contributed by atoms with Crippen LogP contribution in [0.1, 0.15) is 44.9 Å². The lowest BCUT2D eigenvalue weighted by molar-refractivity contribution is -0.270. The molecule has 4 atom stereocenters. The highest BCUT2D eigenvalue weighted by molar-refractivity contribution is 6.01. The second-order valence-corrected chi connectivity index (χ2v) is 7.08. The molecule has 30 heavy (non-hydrogen) atoms. The van der Waals surface area contributed by atoms with Crippen LogP contribution >= 0.6 is 0 Å². The maximum Gasteiger partial charge on any atom is 0.333 e. The fourth-order valence-electron chi connectivity index (χ4n) is 2.99. The molecule has 0 spiro atoms. The lowest BCUT2D eigenvalue weighted by Gasteiger charge is -2.36. The summed E-state index contributed by atoms with van der Waals surface area (Å²) in [6.45, 7) is -0.131. The monoisotopic (exact) mass is 432 g/mol. The van der Waals surface area contributed by atoms with E-state index in [9.17, 15) is 29.4 Å². The second kappa shape index (κ2) is 11.9. The molecule has 0 saturated carbocycles. The average molecular weight is 432 g/mol. The Kier molecular flexibility index (Phi) is 9.59. The molecule has 12 heteroatoms. The van der Waals surface area contributed by atoms with Gasteiger partial charge in [0.2, 0.25) is 5.91 Å². The smallest absolute Gasteiger partial charge is 0.333 e. The molecule has 2 rings (SSSR count). The van der Waals surface area contributed by atoms with Crippen LogP contribution in [-0.4, -0.2) is 88.4 Å². The van der Waals surface area contributed by atoms with E-state index < -0.39 is 42.4 Å². The molecule has 4 N–H and O–H groups in total. The summed E-state index contributed by atoms with van der Waals surface area (Å²) in [5, 5.41) is 31.7. The molecule has 0 aromatic heterocycles. The number of aliphatic hydroxyl groups excluding tert-OH is 3. The Labute approximate surface area is 173 Å². The molecule has 2 heterocycles. The molecular weight excluding hydrogens is 404 g/mol. The summed E-state index contributed by atoms with van der Waals surface area (Å²) in [5.41, 5.74) is 0. The molecule has 0 unspecified atom stereocenters. The molecule has 3 amide bonds. The van der Waals surface area contributed by atoms with Crippen LogP contribution in [0.15, 0.2) is 0 Å². The van der Waals surface area contributed by atoms with E-state index in [0.29, 0.717) is 17.9 Å². The first kappa shape index (κ1) is 24.2. The summed E-state index contributed by atoms with van der Waals surface area (Å²) < 4.78 is 10.6. The van der Waals surface area contributed by atoms with Crippen molar-refractivity contribution >= 4 is 23.7 Å². The zero-order valence-electron chi connectivity index (χ0n) is 16.5. The largest absolute Gasteiger partial charge is 0.394 e. The van der Waals surface area contributed by atoms with Gasteiger partial charge >= 0.3 is 5.97 Å². The molecular formula is C18H28N2O10. The highest BCUT2D eigenvalue weighted by atomic mass is 16.7. The maximum absolute atomic E-state index is 11.8. The van der Waals surface area contributed by atoms with Gasteiger partial charge in [-0.1, -0.05) is 0 Å². The molecule has 0 bridgehead atoms. The Hall–Kier alpha value is -2.12. The minimum Gasteiger partial charge on any atom is -0.394 e. The summed E-state index contributed by atoms with van der Waals surface area (Å²) in [5.74, 6) is -2.05. The van der Waals surface area contributed by atoms with Gasteiger partial charge in [-0.15, -0.1) is 5.06 Å². The molecule has 2 aliphatic heterocycles. The number of nitrogens with zero attached hydrogens (tertiary/aromatic N) is 1. The summed E-state index contributed by atoms with van der Waals surface area (Å²) in [7, 11) is 0. The van der Waals surface area contributed by atoms with Crippen molar-refractivity contribution in [2.24, 2.45) is 0 Å². The first-order chi connectivity index (χ1) is 14.3. The van der Waals surface area contributed by atoms with Crippen molar-refractivity contribution in [3.8, 4) is 0 Å². The number of unbranched alkanes of at least 4 members (excludes halogenated alkanes) is 1. The van der Waals surface area contributed by atoms with Gasteiger partial charge < -0.3 is 34.9 Å². The Balaban J connectivity index is 1.52. The van der Waals surface area contributed by atoms with Gasteiger partial charge in [0.25, 0.3) is 11.8 Å². The van der Waals surface area contributed by atoms with E-state index in [2.05, 4.69) is 5.32 Å². The van der Waals surface area contributed by atoms with Crippen LogP contribution in [0.25, 0.3) is 0 Å². The average Bonchev–Trinajstić information content (AvgIpc) is 3.03. The van der Waals surface area contributed by atoms with Crippen LogP contribution in [0.4, 0.5) is 0 Å². The number of hydroxylamine groups is 2. The predicted octanol–water partition coefficient (Wildman–Crippen LogP) is -1.88. The highest BCUT2D eigenvalue weighted by Crippen LogP contribution is 2.21. The molecule has 0 aliphatic carbocycles. The van der Waals surface area contributed by atoms with Crippen molar-refractivity contribution in [1.82, 2.24) is 10.4 Å². The quantitative estimate of drug-likeness (QED) is 0.214. The number of hydrogen-bond acceptors (Lipinski definition) is 10. The Morgan fingerprint density at radius 3 is 2.47 bits per heavy atom. The third-order valence-electron chi connectivity index (χ3n) is 4.65. The number of carbonyl (C=O) groups excluding carboxylic acids is 4. The van der Waals surface area contributed by atoms with Gasteiger partial charge in [-0.25, -0.2) is 4.79 Å². The lowest BCUT2D eigenvalue weighted by atomic mass is 10.0. The molecule has 2 saturated heterocycles. The van der Waals surface area contributed by atoms with Crippen LogP contribution in [0.3, 0.4) is 0 Å². The van der Waals surface area contributed by atoms with Crippen molar-refractivity contribution in [2.75, 3.05) is 19.8 Å². The van der Waals surface area contributed by atoms with Gasteiger partial charge in [0.15, 0.2) is 6.29 Å². The van der Waals surface area contributed by atoms with E-state index in [4.69, 9.17) is 19.4 Å². The molecule has 0 aromatic carbocycles. The van der Waals surface area contributed by atoms with Gasteiger partial charge in [0.1, 0.15) is 6.10 Å². The van der Waals surface area contributed by atoms with E-state index >= 15 is 0 Å². The number of carbonyl (C=O) groups is 4. The minimum absolute atomic E-state index is 0.0291. The van der Waals surface area contributed by atoms with Gasteiger partial charge in [-0.05, 0) is 12.8 Å². The third kappa shape index (κ3) is 7.29. The fourth-order valence-corrected chi connectivity index (χ4v) is 2.99. The zero-order valence-corrected chi connectivity index (χ0v) is 16.5. The van der Waals surface area contributed by atoms with E-state index in [0.717, 1.165) is 0 Å². The first-order valence-electron chi connectivity index (χ1n) is 9.89. The molecule has 170 valence electrons. The number of amides is 3. The van der Waals surface area contributed by atoms with Crippen molar-refractivity contribution in [3.05, 3.63) is 0 Å². The van der Waals surface area contributed by atoms with E-state index in [-0.39, 0.29) is 57.8 Å². The van der Waals surface area contributed by atoms with Crippen LogP contribution in [0.2, 0.25) is 0 Å². The molecule has 2 fully saturated rings. The Bertz CT molecular complexity index is 612. The lowest BCUT2D eigenvalue weighted by Crippen LogP contribution is -2.50. The van der Waals surface area contributed by atoms with Crippen molar-refractivity contribution in [3.63, 3.8) is 0 Å². The molecule has 12 nitrogen and oxygen atoms in total. The number of imide groups is 1. The number of aliphatic hydroxyl groups is 3. The summed E-state index contributed by atoms with van der Waals surface area (Å²) in [6.07, 6.45) is -2.99. The number of ether oxygens (including phenoxy) is 2. The van der Waals surface area contributed by atoms with Gasteiger partial charge in [0, 0.05) is 38.6 Å². The normalized spacial score (nSPS) is 26.7. The first-order valence-corrected chi connectivity index (χ1v) is 9.89. The fraction of sp³-hybridized carbons (Fsp3) is 0.778. The van der Waals surface area contributed by atoms with Gasteiger partial charge in [0.05, 0.1) is 25.4 Å². The van der Waals surface area contributed by atoms with Gasteiger partial charge in [-0.3, -0.25) is 14.4 Å². The van der Waals surface area contributed by atoms with Crippen LogP contribution in [0.5, 0.6) is 0 Å². The van der Waals surface area contributed by atoms with Crippen LogP contribution in [0, 0.1) is 0 Å². The molecule has 0 radical (unpaired) electrons. The van der Waals surface area contributed by atoms with E-state index in [1.165, 1.54) is 0 Å². The summed E-state index contributed by atoms with van der Waals surface area (Å²) in [4.78, 5) is 50.8. The molecule has 2 aliphatic rings. The van der Waals surface area contributed by atoms with Crippen molar-refractivity contribution in [1.29, 1.82) is 0 Å². The van der Waals surface area contributed by atoms with E-state index in [1.54, 1.807) is 0 Å². The van der Waals surface area contributed by atoms with E-state index in [1.807, 2.05) is 0 Å². The number of nitrogens with one attached hydrogen (secondary N) is 1. The topological polar surface area (TPSA) is 172 Å². The standard InChI is InChI=1S/C18H28N2O10/c21-10-11-9-12(22)17(27)18(29-11)28-8-7-19-13(23)3-1-2-4-16(26)30-20-14(24)5-6-15(20)25/h11-12,17-18,21-22,27H,1-10H2,(H,19,23)/t11-,12-,17-,18+/m0/s1. The number of rotatable bonds is 11. The van der Waals surface area contributed by atoms with Crippen molar-refractivity contribution in [2.45, 2.75) is 69.5 Å². The predicted molar refractivity (Wildman–Crippen MR) is 97.0 cm³/mol. The number of hydrogen-bond donors (Lipinski definition) is 4. The van der Waals surface area contributed by atoms with Gasteiger partial charge in [-0.2, -0.15) is 0 Å². The summed E-state index contributed by atoms with van der Waals surface area (Å²) in [6, 6.07) is 0. The van der Waals surface area contributed by atoms with Crippen LogP contribution in [-0.2, 0) is 33.5 Å². The Morgan fingerprint density at radius 1 is 1.13 bits per heavy atom. The SMILES string of the molecule is O=C(CCCCC(=O)ON1C(=O)CCC1=O)NCCO[C@@H]1O[C@H](CO)C[C@H](O)[C@@H]1O. The Morgan fingerprint density at radius 2 is 1.80 bits per heavy atom. The summed E-state index contributed by atoms with van der Waals surface area (Å²) >= 11 is 0. The second-order valence-electron chi connectivity index (χ2n) is 7.08. The van der Waals surface area contributed by atoms with Crippen LogP contribution < -0.4 is 5.32 Å². The zero-order chi connectivity index (χ0) is 22.1. The van der Waals surface area contributed by atoms with Crippen molar-refractivity contribution < 1.29 is 48.8 Å². The molecule has 0 aromatic rings.